The molecule has 2 N–H and O–H groups in total. The van der Waals surface area contributed by atoms with E-state index < -0.39 is 0 Å². The van der Waals surface area contributed by atoms with Gasteiger partial charge < -0.3 is 15.5 Å². The van der Waals surface area contributed by atoms with Gasteiger partial charge >= 0.3 is 0 Å². The number of nitrogens with one attached hydrogen (secondary N) is 2. The molecule has 0 radical (unpaired) electrons. The highest BCUT2D eigenvalue weighted by Crippen LogP contribution is 2.09. The number of aliphatic imine (C=N–C) groups is 1. The van der Waals surface area contributed by atoms with Crippen molar-refractivity contribution in [3.8, 4) is 0 Å². The summed E-state index contributed by atoms with van der Waals surface area (Å²) < 4.78 is 0. The molecule has 0 saturated carbocycles. The smallest absolute Gasteiger partial charge is 0.252 e. The standard InChI is InChI=1S/C18H25N5OS/c1-3-20-18(23(2)12-8-16-7-5-13-25-16)22-11-10-21-17(24)15-6-4-9-19-14-15/h4-7,9,13-14H,3,8,10-12H2,1-2H3,(H,20,22)(H,21,24). The summed E-state index contributed by atoms with van der Waals surface area (Å²) in [6, 6.07) is 7.72. The maximum Gasteiger partial charge on any atom is 0.252 e. The zero-order valence-electron chi connectivity index (χ0n) is 14.7. The Morgan fingerprint density at radius 1 is 1.32 bits per heavy atom. The van der Waals surface area contributed by atoms with Gasteiger partial charge in [0.2, 0.25) is 0 Å². The van der Waals surface area contributed by atoms with Crippen LogP contribution in [-0.2, 0) is 6.42 Å². The Labute approximate surface area is 153 Å². The maximum absolute atomic E-state index is 12.0. The second-order valence-electron chi connectivity index (χ2n) is 5.48. The number of aromatic nitrogens is 1. The maximum atomic E-state index is 12.0. The molecule has 0 aliphatic carbocycles. The number of carbonyl (C=O) groups is 1. The molecule has 0 aromatic carbocycles. The molecule has 0 atom stereocenters. The van der Waals surface area contributed by atoms with Gasteiger partial charge in [-0.15, -0.1) is 11.3 Å². The molecule has 134 valence electrons. The quantitative estimate of drug-likeness (QED) is 0.430. The van der Waals surface area contributed by atoms with Crippen LogP contribution >= 0.6 is 11.3 Å². The minimum Gasteiger partial charge on any atom is -0.357 e. The fourth-order valence-corrected chi connectivity index (χ4v) is 2.94. The first-order chi connectivity index (χ1) is 12.2. The second-order valence-corrected chi connectivity index (χ2v) is 6.52. The van der Waals surface area contributed by atoms with Crippen molar-refractivity contribution in [3.63, 3.8) is 0 Å². The largest absolute Gasteiger partial charge is 0.357 e. The summed E-state index contributed by atoms with van der Waals surface area (Å²) in [5, 5.41) is 8.24. The molecule has 0 aliphatic rings. The molecular formula is C18H25N5OS. The minimum absolute atomic E-state index is 0.126. The van der Waals surface area contributed by atoms with E-state index in [4.69, 9.17) is 0 Å². The van der Waals surface area contributed by atoms with Gasteiger partial charge in [-0.2, -0.15) is 0 Å². The molecule has 2 heterocycles. The van der Waals surface area contributed by atoms with E-state index in [0.717, 1.165) is 25.5 Å². The van der Waals surface area contributed by atoms with Crippen LogP contribution < -0.4 is 10.6 Å². The lowest BCUT2D eigenvalue weighted by molar-refractivity contribution is 0.0954. The number of likely N-dealkylation sites (N-methyl/N-ethyl adjacent to an activating group) is 1. The highest BCUT2D eigenvalue weighted by molar-refractivity contribution is 7.09. The van der Waals surface area contributed by atoms with Gasteiger partial charge in [0.15, 0.2) is 5.96 Å². The van der Waals surface area contributed by atoms with Crippen LogP contribution in [0.25, 0.3) is 0 Å². The number of pyridine rings is 1. The molecule has 0 fully saturated rings. The van der Waals surface area contributed by atoms with Crippen molar-refractivity contribution in [3.05, 3.63) is 52.5 Å². The molecule has 0 saturated heterocycles. The monoisotopic (exact) mass is 359 g/mol. The van der Waals surface area contributed by atoms with Gasteiger partial charge in [-0.25, -0.2) is 0 Å². The van der Waals surface area contributed by atoms with Crippen molar-refractivity contribution in [2.24, 2.45) is 4.99 Å². The molecule has 2 rings (SSSR count). The highest BCUT2D eigenvalue weighted by Gasteiger charge is 2.07. The molecule has 2 aromatic rings. The lowest BCUT2D eigenvalue weighted by Gasteiger charge is -2.21. The molecule has 2 aromatic heterocycles. The van der Waals surface area contributed by atoms with E-state index in [1.54, 1.807) is 35.9 Å². The number of guanidine groups is 1. The Kier molecular flexibility index (Phi) is 7.91. The molecule has 0 aliphatic heterocycles. The van der Waals surface area contributed by atoms with Crippen LogP contribution in [0.2, 0.25) is 0 Å². The summed E-state index contributed by atoms with van der Waals surface area (Å²) >= 11 is 1.77. The summed E-state index contributed by atoms with van der Waals surface area (Å²) in [5.74, 6) is 0.731. The van der Waals surface area contributed by atoms with Gasteiger partial charge in [-0.1, -0.05) is 6.07 Å². The lowest BCUT2D eigenvalue weighted by Crippen LogP contribution is -2.40. The highest BCUT2D eigenvalue weighted by atomic mass is 32.1. The zero-order chi connectivity index (χ0) is 17.9. The summed E-state index contributed by atoms with van der Waals surface area (Å²) in [6.45, 7) is 4.77. The third-order valence-electron chi connectivity index (χ3n) is 3.55. The summed E-state index contributed by atoms with van der Waals surface area (Å²) in [6.07, 6.45) is 4.20. The van der Waals surface area contributed by atoms with Crippen molar-refractivity contribution >= 4 is 23.2 Å². The van der Waals surface area contributed by atoms with Crippen molar-refractivity contribution < 1.29 is 4.79 Å². The number of hydrogen-bond donors (Lipinski definition) is 2. The molecule has 1 amide bonds. The Hall–Kier alpha value is -2.41. The number of amides is 1. The Balaban J connectivity index is 1.79. The van der Waals surface area contributed by atoms with Crippen molar-refractivity contribution in [2.75, 3.05) is 33.2 Å². The number of thiophene rings is 1. The third-order valence-corrected chi connectivity index (χ3v) is 4.49. The molecule has 0 bridgehead atoms. The predicted octanol–water partition coefficient (Wildman–Crippen LogP) is 2.01. The van der Waals surface area contributed by atoms with Crippen LogP contribution in [-0.4, -0.2) is 55.0 Å². The van der Waals surface area contributed by atoms with Gasteiger partial charge in [-0.05, 0) is 36.9 Å². The Morgan fingerprint density at radius 2 is 2.20 bits per heavy atom. The Morgan fingerprint density at radius 3 is 2.88 bits per heavy atom. The van der Waals surface area contributed by atoms with Gasteiger partial charge in [-0.3, -0.25) is 14.8 Å². The first-order valence-corrected chi connectivity index (χ1v) is 9.28. The average molecular weight is 359 g/mol. The van der Waals surface area contributed by atoms with Crippen LogP contribution in [0.5, 0.6) is 0 Å². The van der Waals surface area contributed by atoms with Crippen LogP contribution in [0.3, 0.4) is 0 Å². The molecule has 6 nitrogen and oxygen atoms in total. The van der Waals surface area contributed by atoms with Gasteiger partial charge in [0, 0.05) is 44.0 Å². The van der Waals surface area contributed by atoms with Gasteiger partial charge in [0.1, 0.15) is 0 Å². The lowest BCUT2D eigenvalue weighted by atomic mass is 10.3. The van der Waals surface area contributed by atoms with Crippen LogP contribution in [0.1, 0.15) is 22.2 Å². The molecule has 0 unspecified atom stereocenters. The van der Waals surface area contributed by atoms with E-state index in [1.807, 2.05) is 14.0 Å². The van der Waals surface area contributed by atoms with Crippen molar-refractivity contribution in [1.82, 2.24) is 20.5 Å². The number of nitrogens with zero attached hydrogens (tertiary/aromatic N) is 3. The molecular weight excluding hydrogens is 334 g/mol. The van der Waals surface area contributed by atoms with Gasteiger partial charge in [0.05, 0.1) is 12.1 Å². The summed E-state index contributed by atoms with van der Waals surface area (Å²) in [7, 11) is 2.03. The van der Waals surface area contributed by atoms with Crippen LogP contribution in [0.4, 0.5) is 0 Å². The predicted molar refractivity (Wildman–Crippen MR) is 103 cm³/mol. The fraction of sp³-hybridized carbons (Fsp3) is 0.389. The summed E-state index contributed by atoms with van der Waals surface area (Å²) in [5.41, 5.74) is 0.562. The van der Waals surface area contributed by atoms with E-state index >= 15 is 0 Å². The van der Waals surface area contributed by atoms with Gasteiger partial charge in [0.25, 0.3) is 5.91 Å². The summed E-state index contributed by atoms with van der Waals surface area (Å²) in [4.78, 5) is 24.0. The van der Waals surface area contributed by atoms with E-state index in [1.165, 1.54) is 4.88 Å². The fourth-order valence-electron chi connectivity index (χ4n) is 2.24. The number of hydrogen-bond acceptors (Lipinski definition) is 4. The topological polar surface area (TPSA) is 69.6 Å². The number of rotatable bonds is 8. The van der Waals surface area contributed by atoms with Crippen molar-refractivity contribution in [1.29, 1.82) is 0 Å². The third kappa shape index (κ3) is 6.54. The first kappa shape index (κ1) is 18.9. The Bertz CT molecular complexity index is 657. The minimum atomic E-state index is -0.126. The normalized spacial score (nSPS) is 11.2. The van der Waals surface area contributed by atoms with E-state index in [0.29, 0.717) is 18.7 Å². The number of carbonyl (C=O) groups excluding carboxylic acids is 1. The van der Waals surface area contributed by atoms with Crippen molar-refractivity contribution in [2.45, 2.75) is 13.3 Å². The molecule has 25 heavy (non-hydrogen) atoms. The van der Waals surface area contributed by atoms with E-state index in [2.05, 4.69) is 43.0 Å². The second kappa shape index (κ2) is 10.5. The molecule has 7 heteroatoms. The van der Waals surface area contributed by atoms with Crippen LogP contribution in [0, 0.1) is 0 Å². The van der Waals surface area contributed by atoms with Crippen LogP contribution in [0.15, 0.2) is 47.0 Å². The SMILES string of the molecule is CCNC(=NCCNC(=O)c1cccnc1)N(C)CCc1cccs1. The zero-order valence-corrected chi connectivity index (χ0v) is 15.6. The average Bonchev–Trinajstić information content (AvgIpc) is 3.16. The van der Waals surface area contributed by atoms with E-state index in [-0.39, 0.29) is 5.91 Å². The molecule has 0 spiro atoms. The first-order valence-electron chi connectivity index (χ1n) is 8.40. The van der Waals surface area contributed by atoms with E-state index in [9.17, 15) is 4.79 Å².